The number of ether oxygens (including phenoxy) is 1. The molecule has 1 aliphatic rings. The number of carbonyl (C=O) groups is 1. The van der Waals surface area contributed by atoms with Crippen molar-refractivity contribution in [2.24, 2.45) is 0 Å². The molecule has 1 aromatic carbocycles. The SMILES string of the molecule is COC1(CC(=O)N(C)c2ccccc2N)CCC1. The topological polar surface area (TPSA) is 55.6 Å². The van der Waals surface area contributed by atoms with Gasteiger partial charge in [0.05, 0.1) is 23.4 Å². The first-order valence-electron chi connectivity index (χ1n) is 6.24. The maximum Gasteiger partial charge on any atom is 0.229 e. The van der Waals surface area contributed by atoms with Gasteiger partial charge in [-0.15, -0.1) is 0 Å². The third-order valence-corrected chi connectivity index (χ3v) is 3.84. The molecule has 4 nitrogen and oxygen atoms in total. The number of nitrogen functional groups attached to an aromatic ring is 1. The quantitative estimate of drug-likeness (QED) is 0.831. The minimum Gasteiger partial charge on any atom is -0.397 e. The van der Waals surface area contributed by atoms with Crippen molar-refractivity contribution in [2.75, 3.05) is 24.8 Å². The Bertz CT molecular complexity index is 436. The van der Waals surface area contributed by atoms with Crippen LogP contribution in [0.3, 0.4) is 0 Å². The monoisotopic (exact) mass is 248 g/mol. The Morgan fingerprint density at radius 1 is 1.44 bits per heavy atom. The van der Waals surface area contributed by atoms with E-state index in [0.717, 1.165) is 24.9 Å². The van der Waals surface area contributed by atoms with Crippen molar-refractivity contribution in [3.05, 3.63) is 24.3 Å². The average molecular weight is 248 g/mol. The maximum atomic E-state index is 12.3. The van der Waals surface area contributed by atoms with E-state index in [0.29, 0.717) is 12.1 Å². The van der Waals surface area contributed by atoms with Crippen LogP contribution >= 0.6 is 0 Å². The zero-order chi connectivity index (χ0) is 13.2. The fourth-order valence-electron chi connectivity index (χ4n) is 2.35. The molecule has 0 aromatic heterocycles. The fraction of sp³-hybridized carbons (Fsp3) is 0.500. The van der Waals surface area contributed by atoms with E-state index in [2.05, 4.69) is 0 Å². The van der Waals surface area contributed by atoms with Crippen molar-refractivity contribution >= 4 is 17.3 Å². The molecular formula is C14H20N2O2. The van der Waals surface area contributed by atoms with Crippen molar-refractivity contribution in [3.8, 4) is 0 Å². The normalized spacial score (nSPS) is 17.0. The number of methoxy groups -OCH3 is 1. The van der Waals surface area contributed by atoms with Gasteiger partial charge in [-0.05, 0) is 31.4 Å². The molecule has 1 saturated carbocycles. The molecule has 4 heteroatoms. The zero-order valence-electron chi connectivity index (χ0n) is 11.0. The molecule has 0 spiro atoms. The van der Waals surface area contributed by atoms with Gasteiger partial charge in [0.2, 0.25) is 5.91 Å². The Hall–Kier alpha value is -1.55. The predicted octanol–water partition coefficient (Wildman–Crippen LogP) is 2.19. The van der Waals surface area contributed by atoms with Gasteiger partial charge in [0.1, 0.15) is 0 Å². The van der Waals surface area contributed by atoms with E-state index in [-0.39, 0.29) is 11.5 Å². The van der Waals surface area contributed by atoms with Crippen molar-refractivity contribution in [2.45, 2.75) is 31.3 Å². The summed E-state index contributed by atoms with van der Waals surface area (Å²) in [5, 5.41) is 0. The van der Waals surface area contributed by atoms with Gasteiger partial charge < -0.3 is 15.4 Å². The number of amides is 1. The standard InChI is InChI=1S/C14H20N2O2/c1-16(12-7-4-3-6-11(12)15)13(17)10-14(18-2)8-5-9-14/h3-4,6-7H,5,8-10,15H2,1-2H3. The molecular weight excluding hydrogens is 228 g/mol. The first kappa shape index (κ1) is 12.9. The van der Waals surface area contributed by atoms with Crippen LogP contribution in [0.25, 0.3) is 0 Å². The summed E-state index contributed by atoms with van der Waals surface area (Å²) < 4.78 is 5.48. The van der Waals surface area contributed by atoms with E-state index in [1.807, 2.05) is 18.2 Å². The van der Waals surface area contributed by atoms with Crippen molar-refractivity contribution < 1.29 is 9.53 Å². The number of nitrogens with two attached hydrogens (primary N) is 1. The Kier molecular flexibility index (Phi) is 3.57. The highest BCUT2D eigenvalue weighted by Gasteiger charge is 2.39. The molecule has 0 heterocycles. The van der Waals surface area contributed by atoms with E-state index in [4.69, 9.17) is 10.5 Å². The fourth-order valence-corrected chi connectivity index (χ4v) is 2.35. The minimum atomic E-state index is -0.241. The molecule has 0 atom stereocenters. The molecule has 98 valence electrons. The maximum absolute atomic E-state index is 12.3. The molecule has 2 rings (SSSR count). The Morgan fingerprint density at radius 3 is 2.61 bits per heavy atom. The number of benzene rings is 1. The largest absolute Gasteiger partial charge is 0.397 e. The first-order valence-corrected chi connectivity index (χ1v) is 6.24. The van der Waals surface area contributed by atoms with Crippen LogP contribution in [0.2, 0.25) is 0 Å². The predicted molar refractivity (Wildman–Crippen MR) is 72.5 cm³/mol. The Labute approximate surface area is 108 Å². The van der Waals surface area contributed by atoms with Crippen LogP contribution in [0, 0.1) is 0 Å². The summed E-state index contributed by atoms with van der Waals surface area (Å²) in [6.07, 6.45) is 3.49. The van der Waals surface area contributed by atoms with E-state index in [9.17, 15) is 4.79 Å². The van der Waals surface area contributed by atoms with Crippen molar-refractivity contribution in [1.82, 2.24) is 0 Å². The third-order valence-electron chi connectivity index (χ3n) is 3.84. The summed E-state index contributed by atoms with van der Waals surface area (Å²) in [5.74, 6) is 0.0504. The molecule has 0 radical (unpaired) electrons. The van der Waals surface area contributed by atoms with Crippen LogP contribution in [-0.4, -0.2) is 25.7 Å². The lowest BCUT2D eigenvalue weighted by Crippen LogP contribution is -2.44. The Balaban J connectivity index is 2.07. The van der Waals surface area contributed by atoms with Gasteiger partial charge >= 0.3 is 0 Å². The van der Waals surface area contributed by atoms with Gasteiger partial charge in [-0.25, -0.2) is 0 Å². The molecule has 1 fully saturated rings. The van der Waals surface area contributed by atoms with Crippen molar-refractivity contribution in [1.29, 1.82) is 0 Å². The summed E-state index contributed by atoms with van der Waals surface area (Å²) in [5.41, 5.74) is 7.01. The number of anilines is 2. The van der Waals surface area contributed by atoms with E-state index >= 15 is 0 Å². The van der Waals surface area contributed by atoms with Crippen LogP contribution < -0.4 is 10.6 Å². The van der Waals surface area contributed by atoms with Crippen LogP contribution in [0.5, 0.6) is 0 Å². The lowest BCUT2D eigenvalue weighted by molar-refractivity contribution is -0.131. The molecule has 0 unspecified atom stereocenters. The van der Waals surface area contributed by atoms with E-state index in [1.54, 1.807) is 25.1 Å². The summed E-state index contributed by atoms with van der Waals surface area (Å²) in [4.78, 5) is 13.9. The van der Waals surface area contributed by atoms with E-state index in [1.165, 1.54) is 0 Å². The van der Waals surface area contributed by atoms with Gasteiger partial charge in [-0.2, -0.15) is 0 Å². The summed E-state index contributed by atoms with van der Waals surface area (Å²) in [6, 6.07) is 7.40. The number of nitrogens with zero attached hydrogens (tertiary/aromatic N) is 1. The highest BCUT2D eigenvalue weighted by atomic mass is 16.5. The summed E-state index contributed by atoms with van der Waals surface area (Å²) in [7, 11) is 3.44. The van der Waals surface area contributed by atoms with Crippen LogP contribution in [0.4, 0.5) is 11.4 Å². The average Bonchev–Trinajstić information content (AvgIpc) is 2.33. The second kappa shape index (κ2) is 4.98. The molecule has 18 heavy (non-hydrogen) atoms. The number of carbonyl (C=O) groups excluding carboxylic acids is 1. The molecule has 0 bridgehead atoms. The Morgan fingerprint density at radius 2 is 2.11 bits per heavy atom. The highest BCUT2D eigenvalue weighted by molar-refractivity contribution is 5.96. The van der Waals surface area contributed by atoms with Crippen LogP contribution in [-0.2, 0) is 9.53 Å². The molecule has 1 aromatic rings. The smallest absolute Gasteiger partial charge is 0.229 e. The first-order chi connectivity index (χ1) is 8.58. The molecule has 1 amide bonds. The van der Waals surface area contributed by atoms with Gasteiger partial charge in [-0.3, -0.25) is 4.79 Å². The zero-order valence-corrected chi connectivity index (χ0v) is 11.0. The van der Waals surface area contributed by atoms with Gasteiger partial charge in [0, 0.05) is 14.2 Å². The second-order valence-electron chi connectivity index (χ2n) is 4.93. The number of rotatable bonds is 4. The number of hydrogen-bond acceptors (Lipinski definition) is 3. The van der Waals surface area contributed by atoms with Gasteiger partial charge in [0.15, 0.2) is 0 Å². The number of para-hydroxylation sites is 2. The van der Waals surface area contributed by atoms with E-state index < -0.39 is 0 Å². The summed E-state index contributed by atoms with van der Waals surface area (Å²) >= 11 is 0. The summed E-state index contributed by atoms with van der Waals surface area (Å²) in [6.45, 7) is 0. The molecule has 1 aliphatic carbocycles. The molecule has 0 aliphatic heterocycles. The minimum absolute atomic E-state index is 0.0504. The molecule has 2 N–H and O–H groups in total. The second-order valence-corrected chi connectivity index (χ2v) is 4.93. The van der Waals surface area contributed by atoms with Gasteiger partial charge in [0.25, 0.3) is 0 Å². The molecule has 0 saturated heterocycles. The third kappa shape index (κ3) is 2.34. The lowest BCUT2D eigenvalue weighted by atomic mass is 9.77. The van der Waals surface area contributed by atoms with Crippen LogP contribution in [0.15, 0.2) is 24.3 Å². The number of hydrogen-bond donors (Lipinski definition) is 1. The van der Waals surface area contributed by atoms with Gasteiger partial charge in [-0.1, -0.05) is 12.1 Å². The van der Waals surface area contributed by atoms with Crippen molar-refractivity contribution in [3.63, 3.8) is 0 Å². The highest BCUT2D eigenvalue weighted by Crippen LogP contribution is 2.38. The lowest BCUT2D eigenvalue weighted by Gasteiger charge is -2.40. The van der Waals surface area contributed by atoms with Crippen LogP contribution in [0.1, 0.15) is 25.7 Å².